The Morgan fingerprint density at radius 2 is 1.80 bits per heavy atom. The molecule has 2 atom stereocenters. The van der Waals surface area contributed by atoms with Crippen LogP contribution in [0.3, 0.4) is 0 Å². The van der Waals surface area contributed by atoms with E-state index in [1.54, 1.807) is 0 Å². The molecule has 0 saturated carbocycles. The van der Waals surface area contributed by atoms with Gasteiger partial charge in [-0.3, -0.25) is 5.32 Å². The van der Waals surface area contributed by atoms with E-state index in [2.05, 4.69) is 44.0 Å². The molecule has 1 aliphatic heterocycles. The van der Waals surface area contributed by atoms with E-state index in [1.807, 2.05) is 6.92 Å². The summed E-state index contributed by atoms with van der Waals surface area (Å²) >= 11 is 0. The van der Waals surface area contributed by atoms with E-state index in [4.69, 9.17) is 0 Å². The summed E-state index contributed by atoms with van der Waals surface area (Å²) in [5.41, 5.74) is 0.189. The molecular weight excluding hydrogens is 246 g/mol. The normalized spacial score (nSPS) is 23.8. The second kappa shape index (κ2) is 7.43. The molecule has 1 rings (SSSR count). The molecule has 1 fully saturated rings. The number of piperidine rings is 1. The van der Waals surface area contributed by atoms with Crippen molar-refractivity contribution in [2.75, 3.05) is 19.6 Å². The molecular formula is C17H33N3. The van der Waals surface area contributed by atoms with Gasteiger partial charge in [-0.05, 0) is 58.2 Å². The van der Waals surface area contributed by atoms with Crippen LogP contribution in [-0.4, -0.2) is 36.1 Å². The first-order chi connectivity index (χ1) is 9.44. The van der Waals surface area contributed by atoms with Gasteiger partial charge < -0.3 is 4.90 Å². The number of nitriles is 1. The molecule has 1 N–H and O–H groups in total. The molecule has 0 aromatic heterocycles. The van der Waals surface area contributed by atoms with Crippen LogP contribution in [0.15, 0.2) is 0 Å². The molecule has 0 aromatic rings. The second-order valence-corrected chi connectivity index (χ2v) is 6.77. The average Bonchev–Trinajstić information content (AvgIpc) is 2.47. The lowest BCUT2D eigenvalue weighted by atomic mass is 9.74. The quantitative estimate of drug-likeness (QED) is 0.774. The van der Waals surface area contributed by atoms with Crippen LogP contribution in [0, 0.1) is 16.7 Å². The van der Waals surface area contributed by atoms with Gasteiger partial charge >= 0.3 is 0 Å². The van der Waals surface area contributed by atoms with Crippen molar-refractivity contribution in [2.24, 2.45) is 5.41 Å². The number of nitrogens with one attached hydrogen (secondary N) is 1. The number of hydrogen-bond acceptors (Lipinski definition) is 3. The van der Waals surface area contributed by atoms with Gasteiger partial charge in [-0.15, -0.1) is 0 Å². The van der Waals surface area contributed by atoms with Crippen molar-refractivity contribution in [1.82, 2.24) is 10.2 Å². The van der Waals surface area contributed by atoms with Crippen molar-refractivity contribution in [3.05, 3.63) is 0 Å². The summed E-state index contributed by atoms with van der Waals surface area (Å²) in [6.07, 6.45) is 6.14. The highest BCUT2D eigenvalue weighted by Crippen LogP contribution is 2.38. The maximum atomic E-state index is 9.39. The summed E-state index contributed by atoms with van der Waals surface area (Å²) in [6, 6.07) is 2.93. The fourth-order valence-corrected chi connectivity index (χ4v) is 3.66. The SMILES string of the molecule is CCNC(C)(C#N)CC(C)N1CCC(CC)(CC)CC1. The molecule has 20 heavy (non-hydrogen) atoms. The van der Waals surface area contributed by atoms with E-state index in [0.717, 1.165) is 13.0 Å². The number of rotatable bonds is 7. The molecule has 1 saturated heterocycles. The Balaban J connectivity index is 2.55. The van der Waals surface area contributed by atoms with Crippen molar-refractivity contribution in [2.45, 2.75) is 78.3 Å². The van der Waals surface area contributed by atoms with E-state index < -0.39 is 5.54 Å². The Kier molecular flexibility index (Phi) is 6.48. The van der Waals surface area contributed by atoms with Crippen molar-refractivity contribution in [1.29, 1.82) is 5.26 Å². The molecule has 1 heterocycles. The first kappa shape index (κ1) is 17.5. The van der Waals surface area contributed by atoms with Crippen LogP contribution in [0.2, 0.25) is 0 Å². The molecule has 116 valence electrons. The van der Waals surface area contributed by atoms with Gasteiger partial charge in [-0.1, -0.05) is 33.6 Å². The molecule has 0 spiro atoms. The zero-order chi connectivity index (χ0) is 15.2. The van der Waals surface area contributed by atoms with Gasteiger partial charge in [0.1, 0.15) is 5.54 Å². The van der Waals surface area contributed by atoms with E-state index in [0.29, 0.717) is 11.5 Å². The summed E-state index contributed by atoms with van der Waals surface area (Å²) in [6.45, 7) is 14.3. The molecule has 0 bridgehead atoms. The Labute approximate surface area is 125 Å². The summed E-state index contributed by atoms with van der Waals surface area (Å²) in [5.74, 6) is 0. The van der Waals surface area contributed by atoms with Crippen LogP contribution < -0.4 is 5.32 Å². The molecule has 0 aliphatic carbocycles. The van der Waals surface area contributed by atoms with Gasteiger partial charge in [0.05, 0.1) is 6.07 Å². The van der Waals surface area contributed by atoms with Gasteiger partial charge in [-0.2, -0.15) is 5.26 Å². The third-order valence-corrected chi connectivity index (χ3v) is 5.50. The maximum Gasteiger partial charge on any atom is 0.105 e. The minimum atomic E-state index is -0.391. The predicted octanol–water partition coefficient (Wildman–Crippen LogP) is 3.56. The molecule has 3 nitrogen and oxygen atoms in total. The van der Waals surface area contributed by atoms with E-state index in [1.165, 1.54) is 38.8 Å². The lowest BCUT2D eigenvalue weighted by Crippen LogP contribution is -2.50. The lowest BCUT2D eigenvalue weighted by Gasteiger charge is -2.44. The van der Waals surface area contributed by atoms with E-state index in [9.17, 15) is 5.26 Å². The minimum absolute atomic E-state index is 0.391. The monoisotopic (exact) mass is 279 g/mol. The van der Waals surface area contributed by atoms with Crippen LogP contribution in [0.4, 0.5) is 0 Å². The standard InChI is InChI=1S/C17H33N3/c1-6-17(7-2)9-11-20(12-10-17)15(4)13-16(5,14-18)19-8-3/h15,19H,6-13H2,1-5H3. The van der Waals surface area contributed by atoms with Crippen molar-refractivity contribution < 1.29 is 0 Å². The topological polar surface area (TPSA) is 39.1 Å². The second-order valence-electron chi connectivity index (χ2n) is 6.77. The summed E-state index contributed by atoms with van der Waals surface area (Å²) in [5, 5.41) is 12.7. The Morgan fingerprint density at radius 3 is 2.20 bits per heavy atom. The highest BCUT2D eigenvalue weighted by atomic mass is 15.2. The number of nitrogens with zero attached hydrogens (tertiary/aromatic N) is 2. The molecule has 2 unspecified atom stereocenters. The first-order valence-corrected chi connectivity index (χ1v) is 8.34. The zero-order valence-electron chi connectivity index (χ0n) is 14.1. The maximum absolute atomic E-state index is 9.39. The largest absolute Gasteiger partial charge is 0.301 e. The van der Waals surface area contributed by atoms with E-state index >= 15 is 0 Å². The smallest absolute Gasteiger partial charge is 0.105 e. The summed E-state index contributed by atoms with van der Waals surface area (Å²) < 4.78 is 0. The summed E-state index contributed by atoms with van der Waals surface area (Å²) in [4.78, 5) is 2.58. The highest BCUT2D eigenvalue weighted by Gasteiger charge is 2.34. The van der Waals surface area contributed by atoms with Crippen LogP contribution in [0.25, 0.3) is 0 Å². The van der Waals surface area contributed by atoms with Gasteiger partial charge in [0.2, 0.25) is 0 Å². The third kappa shape index (κ3) is 4.20. The van der Waals surface area contributed by atoms with Crippen LogP contribution in [0.5, 0.6) is 0 Å². The Bertz CT molecular complexity index is 320. The van der Waals surface area contributed by atoms with Gasteiger partial charge in [0, 0.05) is 6.04 Å². The fourth-order valence-electron chi connectivity index (χ4n) is 3.66. The third-order valence-electron chi connectivity index (χ3n) is 5.50. The predicted molar refractivity (Wildman–Crippen MR) is 85.6 cm³/mol. The van der Waals surface area contributed by atoms with E-state index in [-0.39, 0.29) is 0 Å². The van der Waals surface area contributed by atoms with Gasteiger partial charge in [-0.25, -0.2) is 0 Å². The molecule has 0 amide bonds. The fraction of sp³-hybridized carbons (Fsp3) is 0.941. The average molecular weight is 279 g/mol. The van der Waals surface area contributed by atoms with Crippen molar-refractivity contribution in [3.63, 3.8) is 0 Å². The molecule has 1 aliphatic rings. The molecule has 3 heteroatoms. The van der Waals surface area contributed by atoms with Crippen molar-refractivity contribution >= 4 is 0 Å². The first-order valence-electron chi connectivity index (χ1n) is 8.34. The van der Waals surface area contributed by atoms with Gasteiger partial charge in [0.25, 0.3) is 0 Å². The van der Waals surface area contributed by atoms with Crippen LogP contribution in [-0.2, 0) is 0 Å². The van der Waals surface area contributed by atoms with Crippen molar-refractivity contribution in [3.8, 4) is 6.07 Å². The Hall–Kier alpha value is -0.590. The van der Waals surface area contributed by atoms with Gasteiger partial charge in [0.15, 0.2) is 0 Å². The lowest BCUT2D eigenvalue weighted by molar-refractivity contribution is 0.0627. The minimum Gasteiger partial charge on any atom is -0.301 e. The molecule has 0 aromatic carbocycles. The highest BCUT2D eigenvalue weighted by molar-refractivity contribution is 5.05. The van der Waals surface area contributed by atoms with Crippen LogP contribution >= 0.6 is 0 Å². The van der Waals surface area contributed by atoms with Crippen LogP contribution in [0.1, 0.15) is 66.7 Å². The number of hydrogen-bond donors (Lipinski definition) is 1. The molecule has 0 radical (unpaired) electrons. The summed E-state index contributed by atoms with van der Waals surface area (Å²) in [7, 11) is 0. The number of likely N-dealkylation sites (tertiary alicyclic amines) is 1. The zero-order valence-corrected chi connectivity index (χ0v) is 14.1. The Morgan fingerprint density at radius 1 is 1.25 bits per heavy atom.